The van der Waals surface area contributed by atoms with Crippen LogP contribution in [0.4, 0.5) is 11.4 Å². The molecule has 1 saturated heterocycles. The fourth-order valence-electron chi connectivity index (χ4n) is 3.48. The lowest BCUT2D eigenvalue weighted by atomic mass is 10.0. The molecule has 3 amide bonds. The van der Waals surface area contributed by atoms with E-state index in [1.165, 1.54) is 21.6 Å². The number of primary amides is 1. The van der Waals surface area contributed by atoms with Gasteiger partial charge in [-0.05, 0) is 24.3 Å². The third-order valence-corrected chi connectivity index (χ3v) is 6.07. The van der Waals surface area contributed by atoms with Crippen molar-refractivity contribution in [2.45, 2.75) is 4.87 Å². The molecule has 0 saturated carbocycles. The highest BCUT2D eigenvalue weighted by molar-refractivity contribution is 8.02. The molecule has 2 aliphatic rings. The van der Waals surface area contributed by atoms with Gasteiger partial charge < -0.3 is 5.73 Å². The quantitative estimate of drug-likeness (QED) is 0.874. The first-order valence-corrected chi connectivity index (χ1v) is 9.24. The van der Waals surface area contributed by atoms with Crippen LogP contribution in [0, 0.1) is 0 Å². The summed E-state index contributed by atoms with van der Waals surface area (Å²) < 4.78 is 0. The summed E-state index contributed by atoms with van der Waals surface area (Å²) in [7, 11) is 0. The second kappa shape index (κ2) is 6.03. The first-order chi connectivity index (χ1) is 12.4. The fraction of sp³-hybridized carbons (Fsp3) is 0.167. The van der Waals surface area contributed by atoms with Crippen molar-refractivity contribution >= 4 is 52.5 Å². The molecule has 1 unspecified atom stereocenters. The molecule has 0 bridgehead atoms. The number of nitrogens with two attached hydrogens (primary N) is 1. The maximum absolute atomic E-state index is 13.4. The van der Waals surface area contributed by atoms with E-state index in [1.807, 2.05) is 0 Å². The lowest BCUT2D eigenvalue weighted by Gasteiger charge is -2.33. The molecule has 2 aliphatic heterocycles. The van der Waals surface area contributed by atoms with Crippen LogP contribution >= 0.6 is 23.4 Å². The summed E-state index contributed by atoms with van der Waals surface area (Å²) >= 11 is 7.34. The van der Waals surface area contributed by atoms with Gasteiger partial charge in [-0.15, -0.1) is 11.8 Å². The summed E-state index contributed by atoms with van der Waals surface area (Å²) in [6, 6.07) is 14.0. The minimum atomic E-state index is -1.26. The number of hydrogen-bond donors (Lipinski definition) is 1. The summed E-state index contributed by atoms with van der Waals surface area (Å²) in [5.41, 5.74) is 7.13. The zero-order chi connectivity index (χ0) is 18.5. The van der Waals surface area contributed by atoms with E-state index in [2.05, 4.69) is 0 Å². The van der Waals surface area contributed by atoms with Crippen LogP contribution < -0.4 is 15.5 Å². The van der Waals surface area contributed by atoms with Crippen LogP contribution in [0.1, 0.15) is 5.56 Å². The van der Waals surface area contributed by atoms with Gasteiger partial charge in [-0.25, -0.2) is 0 Å². The molecule has 2 aromatic rings. The molecule has 0 aliphatic carbocycles. The second-order valence-electron chi connectivity index (χ2n) is 6.02. The highest BCUT2D eigenvalue weighted by Crippen LogP contribution is 2.55. The van der Waals surface area contributed by atoms with Crippen molar-refractivity contribution < 1.29 is 14.4 Å². The van der Waals surface area contributed by atoms with E-state index in [1.54, 1.807) is 48.5 Å². The van der Waals surface area contributed by atoms with Gasteiger partial charge in [0.05, 0.1) is 11.4 Å². The number of nitrogens with zero attached hydrogens (tertiary/aromatic N) is 2. The molecule has 2 N–H and O–H groups in total. The van der Waals surface area contributed by atoms with E-state index in [9.17, 15) is 14.4 Å². The summed E-state index contributed by atoms with van der Waals surface area (Å²) in [5, 5.41) is 0.468. The SMILES string of the molecule is NC(=O)CN1C(=O)C2(SCC(=O)N2c2cccc(Cl)c2)c2ccccc21. The number of halogens is 1. The van der Waals surface area contributed by atoms with Gasteiger partial charge in [-0.3, -0.25) is 24.2 Å². The number of carbonyl (C=O) groups excluding carboxylic acids is 3. The smallest absolute Gasteiger partial charge is 0.269 e. The molecule has 6 nitrogen and oxygen atoms in total. The Labute approximate surface area is 158 Å². The first kappa shape index (κ1) is 16.9. The molecular formula is C18H14ClN3O3S. The number of anilines is 2. The van der Waals surface area contributed by atoms with E-state index in [0.717, 1.165) is 0 Å². The number of carbonyl (C=O) groups is 3. The molecule has 0 aromatic heterocycles. The van der Waals surface area contributed by atoms with Gasteiger partial charge in [-0.2, -0.15) is 0 Å². The molecule has 0 radical (unpaired) electrons. The van der Waals surface area contributed by atoms with Crippen LogP contribution in [0.3, 0.4) is 0 Å². The predicted octanol–water partition coefficient (Wildman–Crippen LogP) is 2.10. The third-order valence-electron chi connectivity index (χ3n) is 4.44. The fourth-order valence-corrected chi connectivity index (χ4v) is 5.03. The number of rotatable bonds is 3. The van der Waals surface area contributed by atoms with Crippen LogP contribution in [0.5, 0.6) is 0 Å². The molecule has 4 rings (SSSR count). The van der Waals surface area contributed by atoms with Gasteiger partial charge in [0, 0.05) is 16.3 Å². The van der Waals surface area contributed by atoms with Crippen molar-refractivity contribution in [2.24, 2.45) is 5.73 Å². The van der Waals surface area contributed by atoms with Gasteiger partial charge in [0.25, 0.3) is 5.91 Å². The van der Waals surface area contributed by atoms with Gasteiger partial charge in [0.1, 0.15) is 6.54 Å². The normalized spacial score (nSPS) is 21.6. The Bertz CT molecular complexity index is 951. The van der Waals surface area contributed by atoms with Gasteiger partial charge >= 0.3 is 0 Å². The molecule has 1 fully saturated rings. The van der Waals surface area contributed by atoms with Crippen molar-refractivity contribution in [3.63, 3.8) is 0 Å². The Morgan fingerprint density at radius 2 is 1.96 bits per heavy atom. The van der Waals surface area contributed by atoms with Crippen molar-refractivity contribution in [3.05, 3.63) is 59.1 Å². The molecular weight excluding hydrogens is 374 g/mol. The largest absolute Gasteiger partial charge is 0.368 e. The zero-order valence-electron chi connectivity index (χ0n) is 13.5. The highest BCUT2D eigenvalue weighted by atomic mass is 35.5. The van der Waals surface area contributed by atoms with Crippen molar-refractivity contribution in [1.29, 1.82) is 0 Å². The van der Waals surface area contributed by atoms with Crippen LogP contribution in [0.2, 0.25) is 5.02 Å². The predicted molar refractivity (Wildman–Crippen MR) is 101 cm³/mol. The van der Waals surface area contributed by atoms with Gasteiger partial charge in [0.2, 0.25) is 16.7 Å². The number of para-hydroxylation sites is 1. The number of fused-ring (bicyclic) bond motifs is 2. The Morgan fingerprint density at radius 1 is 1.19 bits per heavy atom. The van der Waals surface area contributed by atoms with E-state index in [0.29, 0.717) is 22.0 Å². The molecule has 2 aromatic carbocycles. The average Bonchev–Trinajstić information content (AvgIpc) is 3.07. The standard InChI is InChI=1S/C18H14ClN3O3S/c19-11-4-3-5-12(8-11)22-16(24)10-26-18(22)13-6-1-2-7-14(13)21(17(18)25)9-15(20)23/h1-8H,9-10H2,(H2,20,23). The van der Waals surface area contributed by atoms with Crippen molar-refractivity contribution in [2.75, 3.05) is 22.1 Å². The molecule has 1 spiro atoms. The molecule has 2 heterocycles. The van der Waals surface area contributed by atoms with Gasteiger partial charge in [-0.1, -0.05) is 35.9 Å². The molecule has 26 heavy (non-hydrogen) atoms. The summed E-state index contributed by atoms with van der Waals surface area (Å²) in [6.45, 7) is -0.240. The van der Waals surface area contributed by atoms with E-state index in [-0.39, 0.29) is 24.1 Å². The summed E-state index contributed by atoms with van der Waals surface area (Å²) in [5.74, 6) is -1.01. The summed E-state index contributed by atoms with van der Waals surface area (Å²) in [6.07, 6.45) is 0. The zero-order valence-corrected chi connectivity index (χ0v) is 15.1. The lowest BCUT2D eigenvalue weighted by molar-refractivity contribution is -0.125. The Hall–Kier alpha value is -2.51. The Morgan fingerprint density at radius 3 is 2.69 bits per heavy atom. The Balaban J connectivity index is 1.92. The van der Waals surface area contributed by atoms with Crippen molar-refractivity contribution in [1.82, 2.24) is 0 Å². The minimum Gasteiger partial charge on any atom is -0.368 e. The molecule has 132 valence electrons. The third kappa shape index (κ3) is 2.31. The Kier molecular flexibility index (Phi) is 3.93. The minimum absolute atomic E-state index is 0.150. The average molecular weight is 388 g/mol. The molecule has 1 atom stereocenters. The van der Waals surface area contributed by atoms with Crippen LogP contribution in [0.15, 0.2) is 48.5 Å². The number of benzene rings is 2. The van der Waals surface area contributed by atoms with E-state index < -0.39 is 10.8 Å². The van der Waals surface area contributed by atoms with E-state index in [4.69, 9.17) is 17.3 Å². The second-order valence-corrected chi connectivity index (χ2v) is 7.62. The van der Waals surface area contributed by atoms with Crippen molar-refractivity contribution in [3.8, 4) is 0 Å². The lowest BCUT2D eigenvalue weighted by Crippen LogP contribution is -2.51. The topological polar surface area (TPSA) is 83.7 Å². The maximum Gasteiger partial charge on any atom is 0.269 e. The van der Waals surface area contributed by atoms with Crippen LogP contribution in [-0.4, -0.2) is 30.0 Å². The summed E-state index contributed by atoms with van der Waals surface area (Å²) in [4.78, 5) is 39.2. The first-order valence-electron chi connectivity index (χ1n) is 7.87. The maximum atomic E-state index is 13.4. The highest BCUT2D eigenvalue weighted by Gasteiger charge is 2.61. The number of hydrogen-bond acceptors (Lipinski definition) is 4. The monoisotopic (exact) mass is 387 g/mol. The van der Waals surface area contributed by atoms with Crippen LogP contribution in [-0.2, 0) is 19.3 Å². The van der Waals surface area contributed by atoms with E-state index >= 15 is 0 Å². The molecule has 8 heteroatoms. The number of amides is 3. The number of thioether (sulfide) groups is 1. The van der Waals surface area contributed by atoms with Crippen LogP contribution in [0.25, 0.3) is 0 Å². The van der Waals surface area contributed by atoms with Gasteiger partial charge in [0.15, 0.2) is 0 Å².